The van der Waals surface area contributed by atoms with Crippen LogP contribution in [-0.4, -0.2) is 27.1 Å². The zero-order chi connectivity index (χ0) is 11.5. The SMILES string of the molecule is Cn1c(Cl)nc(Cl)c1CNCC1CCCS1. The minimum absolute atomic E-state index is 0.442. The van der Waals surface area contributed by atoms with E-state index in [1.807, 2.05) is 23.4 Å². The van der Waals surface area contributed by atoms with Crippen molar-refractivity contribution in [2.24, 2.45) is 7.05 Å². The summed E-state index contributed by atoms with van der Waals surface area (Å²) in [5.74, 6) is 1.30. The maximum atomic E-state index is 5.98. The van der Waals surface area contributed by atoms with E-state index < -0.39 is 0 Å². The number of imidazole rings is 1. The van der Waals surface area contributed by atoms with Crippen LogP contribution in [0.4, 0.5) is 0 Å². The summed E-state index contributed by atoms with van der Waals surface area (Å²) in [5.41, 5.74) is 0.953. The van der Waals surface area contributed by atoms with Gasteiger partial charge in [0.1, 0.15) is 0 Å². The van der Waals surface area contributed by atoms with E-state index in [1.54, 1.807) is 0 Å². The minimum Gasteiger partial charge on any atom is -0.319 e. The average molecular weight is 280 g/mol. The Bertz CT molecular complexity index is 361. The monoisotopic (exact) mass is 279 g/mol. The lowest BCUT2D eigenvalue weighted by molar-refractivity contribution is 0.624. The Morgan fingerprint density at radius 1 is 1.56 bits per heavy atom. The zero-order valence-electron chi connectivity index (χ0n) is 9.17. The van der Waals surface area contributed by atoms with E-state index in [9.17, 15) is 0 Å². The van der Waals surface area contributed by atoms with E-state index in [2.05, 4.69) is 10.3 Å². The molecule has 0 amide bonds. The molecule has 0 spiro atoms. The van der Waals surface area contributed by atoms with Crippen molar-refractivity contribution in [3.63, 3.8) is 0 Å². The Kier molecular flexibility index (Phi) is 4.41. The van der Waals surface area contributed by atoms with Crippen LogP contribution in [0.25, 0.3) is 0 Å². The second-order valence-corrected chi connectivity index (χ2v) is 6.05. The number of halogens is 2. The highest BCUT2D eigenvalue weighted by Gasteiger charge is 2.16. The van der Waals surface area contributed by atoms with E-state index in [-0.39, 0.29) is 0 Å². The highest BCUT2D eigenvalue weighted by atomic mass is 35.5. The van der Waals surface area contributed by atoms with Gasteiger partial charge in [0.2, 0.25) is 5.28 Å². The molecule has 1 aliphatic heterocycles. The fourth-order valence-electron chi connectivity index (χ4n) is 1.82. The van der Waals surface area contributed by atoms with E-state index in [1.165, 1.54) is 18.6 Å². The Labute approximate surface area is 110 Å². The number of hydrogen-bond donors (Lipinski definition) is 1. The van der Waals surface area contributed by atoms with E-state index in [4.69, 9.17) is 23.2 Å². The summed E-state index contributed by atoms with van der Waals surface area (Å²) in [6.45, 7) is 1.76. The molecular weight excluding hydrogens is 265 g/mol. The van der Waals surface area contributed by atoms with Crippen LogP contribution in [0.2, 0.25) is 10.4 Å². The highest BCUT2D eigenvalue weighted by molar-refractivity contribution is 8.00. The molecule has 1 saturated heterocycles. The van der Waals surface area contributed by atoms with Crippen LogP contribution < -0.4 is 5.32 Å². The van der Waals surface area contributed by atoms with Crippen LogP contribution >= 0.6 is 35.0 Å². The third-order valence-corrected chi connectivity index (χ3v) is 4.84. The second-order valence-electron chi connectivity index (χ2n) is 3.94. The smallest absolute Gasteiger partial charge is 0.204 e. The summed E-state index contributed by atoms with van der Waals surface area (Å²) in [6, 6.07) is 0. The third-order valence-electron chi connectivity index (χ3n) is 2.80. The van der Waals surface area contributed by atoms with Gasteiger partial charge in [0.05, 0.1) is 5.69 Å². The maximum absolute atomic E-state index is 5.98. The van der Waals surface area contributed by atoms with Gasteiger partial charge >= 0.3 is 0 Å². The Morgan fingerprint density at radius 2 is 2.38 bits per heavy atom. The third kappa shape index (κ3) is 2.86. The van der Waals surface area contributed by atoms with Crippen molar-refractivity contribution in [1.82, 2.24) is 14.9 Å². The van der Waals surface area contributed by atoms with Crippen LogP contribution in [0.5, 0.6) is 0 Å². The molecule has 1 aromatic rings. The van der Waals surface area contributed by atoms with Gasteiger partial charge in [0.25, 0.3) is 0 Å². The fourth-order valence-corrected chi connectivity index (χ4v) is 3.56. The number of aromatic nitrogens is 2. The fraction of sp³-hybridized carbons (Fsp3) is 0.700. The molecule has 1 atom stereocenters. The van der Waals surface area contributed by atoms with Crippen LogP contribution in [0.15, 0.2) is 0 Å². The number of thioether (sulfide) groups is 1. The minimum atomic E-state index is 0.442. The molecular formula is C10H15Cl2N3S. The van der Waals surface area contributed by atoms with Gasteiger partial charge in [-0.2, -0.15) is 11.8 Å². The van der Waals surface area contributed by atoms with Gasteiger partial charge in [-0.05, 0) is 30.2 Å². The van der Waals surface area contributed by atoms with Gasteiger partial charge in [0, 0.05) is 25.4 Å². The molecule has 1 aliphatic rings. The van der Waals surface area contributed by atoms with E-state index >= 15 is 0 Å². The lowest BCUT2D eigenvalue weighted by Gasteiger charge is -2.10. The summed E-state index contributed by atoms with van der Waals surface area (Å²) in [6.07, 6.45) is 2.66. The molecule has 90 valence electrons. The van der Waals surface area contributed by atoms with Gasteiger partial charge in [-0.1, -0.05) is 11.6 Å². The molecule has 16 heavy (non-hydrogen) atoms. The van der Waals surface area contributed by atoms with Crippen LogP contribution in [-0.2, 0) is 13.6 Å². The number of nitrogens with one attached hydrogen (secondary N) is 1. The molecule has 0 bridgehead atoms. The van der Waals surface area contributed by atoms with E-state index in [0.29, 0.717) is 10.4 Å². The van der Waals surface area contributed by atoms with Gasteiger partial charge < -0.3 is 9.88 Å². The second kappa shape index (κ2) is 5.63. The molecule has 0 aliphatic carbocycles. The molecule has 1 fully saturated rings. The molecule has 6 heteroatoms. The first-order valence-corrected chi connectivity index (χ1v) is 7.18. The van der Waals surface area contributed by atoms with Gasteiger partial charge in [0.15, 0.2) is 5.15 Å². The first-order valence-electron chi connectivity index (χ1n) is 5.37. The summed E-state index contributed by atoms with van der Waals surface area (Å²) in [4.78, 5) is 4.01. The molecule has 2 heterocycles. The summed E-state index contributed by atoms with van der Waals surface area (Å²) in [5, 5.41) is 5.11. The normalized spacial score (nSPS) is 20.6. The Balaban J connectivity index is 1.84. The standard InChI is InChI=1S/C10H15Cl2N3S/c1-15-8(9(11)14-10(15)12)6-13-5-7-3-2-4-16-7/h7,13H,2-6H2,1H3. The van der Waals surface area contributed by atoms with Crippen molar-refractivity contribution in [2.45, 2.75) is 24.6 Å². The highest BCUT2D eigenvalue weighted by Crippen LogP contribution is 2.25. The summed E-state index contributed by atoms with van der Waals surface area (Å²) < 4.78 is 1.82. The van der Waals surface area contributed by atoms with Crippen molar-refractivity contribution >= 4 is 35.0 Å². The molecule has 0 radical (unpaired) electrons. The lowest BCUT2D eigenvalue weighted by Crippen LogP contribution is -2.23. The zero-order valence-corrected chi connectivity index (χ0v) is 11.5. The predicted octanol–water partition coefficient (Wildman–Crippen LogP) is 2.71. The van der Waals surface area contributed by atoms with Crippen molar-refractivity contribution in [2.75, 3.05) is 12.3 Å². The number of nitrogens with zero attached hydrogens (tertiary/aromatic N) is 2. The molecule has 0 aromatic carbocycles. The lowest BCUT2D eigenvalue weighted by atomic mass is 10.2. The largest absolute Gasteiger partial charge is 0.319 e. The number of rotatable bonds is 4. The van der Waals surface area contributed by atoms with Crippen LogP contribution in [0.1, 0.15) is 18.5 Å². The number of hydrogen-bond acceptors (Lipinski definition) is 3. The maximum Gasteiger partial charge on any atom is 0.204 e. The van der Waals surface area contributed by atoms with Crippen molar-refractivity contribution < 1.29 is 0 Å². The van der Waals surface area contributed by atoms with Crippen molar-refractivity contribution in [3.8, 4) is 0 Å². The molecule has 0 saturated carbocycles. The average Bonchev–Trinajstić information content (AvgIpc) is 2.82. The summed E-state index contributed by atoms with van der Waals surface area (Å²) in [7, 11) is 1.88. The first-order chi connectivity index (χ1) is 7.68. The molecule has 2 rings (SSSR count). The van der Waals surface area contributed by atoms with Crippen LogP contribution in [0, 0.1) is 0 Å². The molecule has 1 N–H and O–H groups in total. The first kappa shape index (κ1) is 12.6. The quantitative estimate of drug-likeness (QED) is 0.919. The Morgan fingerprint density at radius 3 is 2.94 bits per heavy atom. The van der Waals surface area contributed by atoms with Crippen molar-refractivity contribution in [3.05, 3.63) is 16.1 Å². The van der Waals surface area contributed by atoms with Gasteiger partial charge in [-0.25, -0.2) is 4.98 Å². The van der Waals surface area contributed by atoms with Gasteiger partial charge in [-0.15, -0.1) is 0 Å². The van der Waals surface area contributed by atoms with Gasteiger partial charge in [-0.3, -0.25) is 0 Å². The summed E-state index contributed by atoms with van der Waals surface area (Å²) >= 11 is 13.9. The molecule has 1 aromatic heterocycles. The predicted molar refractivity (Wildman–Crippen MR) is 70.4 cm³/mol. The van der Waals surface area contributed by atoms with Crippen molar-refractivity contribution in [1.29, 1.82) is 0 Å². The van der Waals surface area contributed by atoms with E-state index in [0.717, 1.165) is 24.0 Å². The molecule has 3 nitrogen and oxygen atoms in total. The topological polar surface area (TPSA) is 29.9 Å². The van der Waals surface area contributed by atoms with Crippen LogP contribution in [0.3, 0.4) is 0 Å². The Hall–Kier alpha value is 0.1000. The molecule has 1 unspecified atom stereocenters.